The summed E-state index contributed by atoms with van der Waals surface area (Å²) in [4.78, 5) is 0. The number of hydrogen-bond donors (Lipinski definition) is 1. The van der Waals surface area contributed by atoms with Gasteiger partial charge in [-0.05, 0) is 18.8 Å². The summed E-state index contributed by atoms with van der Waals surface area (Å²) in [6.07, 6.45) is 6.02. The minimum atomic E-state index is 0.0174. The molecule has 0 aliphatic heterocycles. The van der Waals surface area contributed by atoms with E-state index in [2.05, 4.69) is 6.92 Å². The molecule has 1 saturated carbocycles. The third-order valence-corrected chi connectivity index (χ3v) is 2.39. The molecule has 1 heteroatoms. The molecular weight excluding hydrogens is 112 g/mol. The Morgan fingerprint density at radius 2 is 2.00 bits per heavy atom. The van der Waals surface area contributed by atoms with Crippen LogP contribution in [0.2, 0.25) is 0 Å². The van der Waals surface area contributed by atoms with Crippen LogP contribution >= 0.6 is 0 Å². The van der Waals surface area contributed by atoms with Crippen molar-refractivity contribution in [3.63, 3.8) is 0 Å². The summed E-state index contributed by atoms with van der Waals surface area (Å²) in [6, 6.07) is 0. The highest BCUT2D eigenvalue weighted by atomic mass is 16.3. The summed E-state index contributed by atoms with van der Waals surface area (Å²) in [5.74, 6) is 0.610. The second-order valence-electron chi connectivity index (χ2n) is 3.02. The smallest absolute Gasteiger partial charge is 0.0568 e. The Bertz CT molecular complexity index is 80.6. The van der Waals surface area contributed by atoms with Crippen molar-refractivity contribution in [2.45, 2.75) is 45.1 Å². The van der Waals surface area contributed by atoms with Crippen molar-refractivity contribution in [1.82, 2.24) is 0 Å². The first-order chi connectivity index (χ1) is 4.34. The molecule has 0 aromatic heterocycles. The van der Waals surface area contributed by atoms with Crippen LogP contribution in [-0.2, 0) is 0 Å². The van der Waals surface area contributed by atoms with E-state index in [1.807, 2.05) is 0 Å². The quantitative estimate of drug-likeness (QED) is 0.572. The second kappa shape index (κ2) is 3.21. The van der Waals surface area contributed by atoms with E-state index in [0.29, 0.717) is 5.92 Å². The molecule has 0 spiro atoms. The zero-order valence-corrected chi connectivity index (χ0v) is 6.14. The van der Waals surface area contributed by atoms with Gasteiger partial charge in [-0.3, -0.25) is 0 Å². The molecule has 0 saturated heterocycles. The largest absolute Gasteiger partial charge is 0.393 e. The standard InChI is InChI=1S/C8H16O/c1-2-7-5-3-4-6-8(7)9/h7-9H,2-6H2,1H3/t7-,8-/m1/s1. The molecular formula is C8H16O. The second-order valence-corrected chi connectivity index (χ2v) is 3.02. The van der Waals surface area contributed by atoms with Gasteiger partial charge in [0.2, 0.25) is 0 Å². The van der Waals surface area contributed by atoms with Gasteiger partial charge >= 0.3 is 0 Å². The maximum Gasteiger partial charge on any atom is 0.0568 e. The lowest BCUT2D eigenvalue weighted by Gasteiger charge is -2.25. The van der Waals surface area contributed by atoms with Crippen LogP contribution in [0.4, 0.5) is 0 Å². The molecule has 0 radical (unpaired) electrons. The normalized spacial score (nSPS) is 36.7. The minimum Gasteiger partial charge on any atom is -0.393 e. The lowest BCUT2D eigenvalue weighted by atomic mass is 9.85. The molecule has 1 nitrogen and oxygen atoms in total. The third-order valence-electron chi connectivity index (χ3n) is 2.39. The summed E-state index contributed by atoms with van der Waals surface area (Å²) in [6.45, 7) is 2.17. The molecule has 0 bridgehead atoms. The van der Waals surface area contributed by atoms with E-state index < -0.39 is 0 Å². The number of hydrogen-bond acceptors (Lipinski definition) is 1. The highest BCUT2D eigenvalue weighted by molar-refractivity contribution is 4.72. The Morgan fingerprint density at radius 1 is 1.33 bits per heavy atom. The zero-order valence-electron chi connectivity index (χ0n) is 6.14. The monoisotopic (exact) mass is 128 g/mol. The van der Waals surface area contributed by atoms with Crippen molar-refractivity contribution in [2.24, 2.45) is 5.92 Å². The summed E-state index contributed by atoms with van der Waals surface area (Å²) in [7, 11) is 0. The molecule has 0 aromatic carbocycles. The molecule has 1 rings (SSSR count). The molecule has 2 atom stereocenters. The molecule has 9 heavy (non-hydrogen) atoms. The van der Waals surface area contributed by atoms with E-state index in [-0.39, 0.29) is 6.10 Å². The topological polar surface area (TPSA) is 20.2 Å². The van der Waals surface area contributed by atoms with Crippen molar-refractivity contribution in [3.05, 3.63) is 0 Å². The number of aliphatic hydroxyl groups is 1. The summed E-state index contributed by atoms with van der Waals surface area (Å²) < 4.78 is 0. The molecule has 0 amide bonds. The molecule has 1 aliphatic carbocycles. The Kier molecular flexibility index (Phi) is 2.52. The van der Waals surface area contributed by atoms with Crippen LogP contribution in [0.25, 0.3) is 0 Å². The van der Waals surface area contributed by atoms with Crippen LogP contribution in [0.15, 0.2) is 0 Å². The third kappa shape index (κ3) is 1.68. The summed E-state index contributed by atoms with van der Waals surface area (Å²) >= 11 is 0. The van der Waals surface area contributed by atoms with E-state index in [9.17, 15) is 5.11 Å². The first-order valence-corrected chi connectivity index (χ1v) is 4.02. The maximum absolute atomic E-state index is 9.37. The van der Waals surface area contributed by atoms with E-state index >= 15 is 0 Å². The summed E-state index contributed by atoms with van der Waals surface area (Å²) in [5, 5.41) is 9.37. The van der Waals surface area contributed by atoms with Gasteiger partial charge in [-0.25, -0.2) is 0 Å². The van der Waals surface area contributed by atoms with Crippen LogP contribution < -0.4 is 0 Å². The van der Waals surface area contributed by atoms with Crippen LogP contribution in [0.3, 0.4) is 0 Å². The predicted molar refractivity (Wildman–Crippen MR) is 38.3 cm³/mol. The fourth-order valence-electron chi connectivity index (χ4n) is 1.66. The van der Waals surface area contributed by atoms with Gasteiger partial charge in [0.25, 0.3) is 0 Å². The van der Waals surface area contributed by atoms with Gasteiger partial charge in [0, 0.05) is 0 Å². The van der Waals surface area contributed by atoms with Crippen molar-refractivity contribution in [1.29, 1.82) is 0 Å². The van der Waals surface area contributed by atoms with E-state index in [4.69, 9.17) is 0 Å². The SMILES string of the molecule is CC[C@@H]1CCCC[C@H]1O. The maximum atomic E-state index is 9.37. The Hall–Kier alpha value is -0.0400. The van der Waals surface area contributed by atoms with E-state index in [1.54, 1.807) is 0 Å². The molecule has 0 unspecified atom stereocenters. The van der Waals surface area contributed by atoms with Gasteiger partial charge in [-0.1, -0.05) is 26.2 Å². The van der Waals surface area contributed by atoms with Gasteiger partial charge in [0.1, 0.15) is 0 Å². The van der Waals surface area contributed by atoms with E-state index in [1.165, 1.54) is 19.3 Å². The fourth-order valence-corrected chi connectivity index (χ4v) is 1.66. The first-order valence-electron chi connectivity index (χ1n) is 4.02. The molecule has 1 fully saturated rings. The van der Waals surface area contributed by atoms with Gasteiger partial charge in [0.05, 0.1) is 6.10 Å². The van der Waals surface area contributed by atoms with E-state index in [0.717, 1.165) is 12.8 Å². The molecule has 0 heterocycles. The van der Waals surface area contributed by atoms with Crippen LogP contribution in [0, 0.1) is 5.92 Å². The highest BCUT2D eigenvalue weighted by Crippen LogP contribution is 2.26. The molecule has 1 aliphatic rings. The predicted octanol–water partition coefficient (Wildman–Crippen LogP) is 1.95. The van der Waals surface area contributed by atoms with Gasteiger partial charge < -0.3 is 5.11 Å². The van der Waals surface area contributed by atoms with Crippen LogP contribution in [-0.4, -0.2) is 11.2 Å². The van der Waals surface area contributed by atoms with Crippen LogP contribution in [0.5, 0.6) is 0 Å². The fraction of sp³-hybridized carbons (Fsp3) is 1.00. The van der Waals surface area contributed by atoms with Gasteiger partial charge in [-0.2, -0.15) is 0 Å². The number of aliphatic hydroxyl groups excluding tert-OH is 1. The summed E-state index contributed by atoms with van der Waals surface area (Å²) in [5.41, 5.74) is 0. The average molecular weight is 128 g/mol. The van der Waals surface area contributed by atoms with Gasteiger partial charge in [-0.15, -0.1) is 0 Å². The Morgan fingerprint density at radius 3 is 2.44 bits per heavy atom. The van der Waals surface area contributed by atoms with Crippen molar-refractivity contribution < 1.29 is 5.11 Å². The number of rotatable bonds is 1. The van der Waals surface area contributed by atoms with Crippen molar-refractivity contribution in [2.75, 3.05) is 0 Å². The van der Waals surface area contributed by atoms with Gasteiger partial charge in [0.15, 0.2) is 0 Å². The highest BCUT2D eigenvalue weighted by Gasteiger charge is 2.20. The minimum absolute atomic E-state index is 0.0174. The lowest BCUT2D eigenvalue weighted by Crippen LogP contribution is -2.23. The Balaban J connectivity index is 2.30. The van der Waals surface area contributed by atoms with Crippen molar-refractivity contribution >= 4 is 0 Å². The van der Waals surface area contributed by atoms with Crippen molar-refractivity contribution in [3.8, 4) is 0 Å². The first kappa shape index (κ1) is 7.07. The molecule has 1 N–H and O–H groups in total. The van der Waals surface area contributed by atoms with Crippen LogP contribution in [0.1, 0.15) is 39.0 Å². The Labute approximate surface area is 57.1 Å². The molecule has 54 valence electrons. The average Bonchev–Trinajstić information content (AvgIpc) is 1.89. The zero-order chi connectivity index (χ0) is 6.69. The molecule has 0 aromatic rings. The lowest BCUT2D eigenvalue weighted by molar-refractivity contribution is 0.0680.